The fourth-order valence-corrected chi connectivity index (χ4v) is 2.79. The Bertz CT molecular complexity index is 686. The Morgan fingerprint density at radius 2 is 2.00 bits per heavy atom. The Morgan fingerprint density at radius 3 is 2.65 bits per heavy atom. The smallest absolute Gasteiger partial charge is 0.233 e. The molecule has 1 aromatic heterocycles. The van der Waals surface area contributed by atoms with Gasteiger partial charge in [0.25, 0.3) is 0 Å². The van der Waals surface area contributed by atoms with Gasteiger partial charge in [0.15, 0.2) is 11.0 Å². The first-order valence-electron chi connectivity index (χ1n) is 7.48. The van der Waals surface area contributed by atoms with E-state index in [0.29, 0.717) is 29.0 Å². The van der Waals surface area contributed by atoms with E-state index in [1.165, 1.54) is 17.8 Å². The highest BCUT2D eigenvalue weighted by molar-refractivity contribution is 8.00. The van der Waals surface area contributed by atoms with Gasteiger partial charge in [0.2, 0.25) is 5.91 Å². The Labute approximate surface area is 139 Å². The monoisotopic (exact) mass is 336 g/mol. The predicted molar refractivity (Wildman–Crippen MR) is 89.6 cm³/mol. The first kappa shape index (κ1) is 17.5. The van der Waals surface area contributed by atoms with Crippen molar-refractivity contribution in [3.05, 3.63) is 30.1 Å². The minimum atomic E-state index is -0.345. The molecule has 0 fully saturated rings. The zero-order valence-corrected chi connectivity index (χ0v) is 14.5. The van der Waals surface area contributed by atoms with Gasteiger partial charge in [-0.3, -0.25) is 4.79 Å². The Hall–Kier alpha value is -1.89. The lowest BCUT2D eigenvalue weighted by molar-refractivity contribution is -0.120. The van der Waals surface area contributed by atoms with Crippen molar-refractivity contribution in [3.63, 3.8) is 0 Å². The SMILES string of the molecule is CC(C)CNC(=O)C(C)Sc1nnc(-c2ccccc2F)n1C. The van der Waals surface area contributed by atoms with Gasteiger partial charge in [-0.25, -0.2) is 4.39 Å². The van der Waals surface area contributed by atoms with Crippen molar-refractivity contribution < 1.29 is 9.18 Å². The molecule has 0 saturated heterocycles. The highest BCUT2D eigenvalue weighted by Gasteiger charge is 2.20. The summed E-state index contributed by atoms with van der Waals surface area (Å²) in [7, 11) is 1.77. The van der Waals surface area contributed by atoms with Gasteiger partial charge in [-0.2, -0.15) is 0 Å². The summed E-state index contributed by atoms with van der Waals surface area (Å²) in [5.41, 5.74) is 0.395. The van der Waals surface area contributed by atoms with Crippen molar-refractivity contribution in [1.82, 2.24) is 20.1 Å². The molecule has 1 atom stereocenters. The van der Waals surface area contributed by atoms with E-state index in [-0.39, 0.29) is 17.0 Å². The van der Waals surface area contributed by atoms with Crippen molar-refractivity contribution >= 4 is 17.7 Å². The molecule has 1 amide bonds. The van der Waals surface area contributed by atoms with Crippen LogP contribution in [0.2, 0.25) is 0 Å². The second-order valence-electron chi connectivity index (χ2n) is 5.74. The number of amides is 1. The van der Waals surface area contributed by atoms with Crippen LogP contribution >= 0.6 is 11.8 Å². The second kappa shape index (κ2) is 7.59. The van der Waals surface area contributed by atoms with Gasteiger partial charge in [-0.05, 0) is 25.0 Å². The number of carbonyl (C=O) groups is 1. The molecule has 0 bridgehead atoms. The lowest BCUT2D eigenvalue weighted by atomic mass is 10.2. The van der Waals surface area contributed by atoms with Gasteiger partial charge in [0, 0.05) is 13.6 Å². The summed E-state index contributed by atoms with van der Waals surface area (Å²) in [6, 6.07) is 6.43. The average molecular weight is 336 g/mol. The molecule has 5 nitrogen and oxygen atoms in total. The molecule has 23 heavy (non-hydrogen) atoms. The average Bonchev–Trinajstić information content (AvgIpc) is 2.86. The molecule has 1 heterocycles. The molecule has 0 aliphatic carbocycles. The third-order valence-corrected chi connectivity index (χ3v) is 4.42. The largest absolute Gasteiger partial charge is 0.355 e. The number of nitrogens with one attached hydrogen (secondary N) is 1. The van der Waals surface area contributed by atoms with Crippen LogP contribution in [0.3, 0.4) is 0 Å². The van der Waals surface area contributed by atoms with E-state index >= 15 is 0 Å². The number of halogens is 1. The maximum atomic E-state index is 13.9. The van der Waals surface area contributed by atoms with Crippen molar-refractivity contribution in [2.45, 2.75) is 31.2 Å². The van der Waals surface area contributed by atoms with Gasteiger partial charge < -0.3 is 9.88 Å². The molecular weight excluding hydrogens is 315 g/mol. The lowest BCUT2D eigenvalue weighted by Gasteiger charge is -2.13. The van der Waals surface area contributed by atoms with E-state index in [4.69, 9.17) is 0 Å². The molecule has 0 aliphatic rings. The summed E-state index contributed by atoms with van der Waals surface area (Å²) in [6.45, 7) is 6.55. The predicted octanol–water partition coefficient (Wildman–Crippen LogP) is 2.87. The molecule has 7 heteroatoms. The highest BCUT2D eigenvalue weighted by Crippen LogP contribution is 2.26. The maximum Gasteiger partial charge on any atom is 0.233 e. The van der Waals surface area contributed by atoms with Crippen LogP contribution in [0.1, 0.15) is 20.8 Å². The summed E-state index contributed by atoms with van der Waals surface area (Å²) in [6.07, 6.45) is 0. The number of benzene rings is 1. The summed E-state index contributed by atoms with van der Waals surface area (Å²) >= 11 is 1.31. The summed E-state index contributed by atoms with van der Waals surface area (Å²) in [4.78, 5) is 12.0. The van der Waals surface area contributed by atoms with E-state index in [1.807, 2.05) is 20.8 Å². The number of hydrogen-bond donors (Lipinski definition) is 1. The van der Waals surface area contributed by atoms with Crippen LogP contribution in [0.4, 0.5) is 4.39 Å². The van der Waals surface area contributed by atoms with Gasteiger partial charge in [0.1, 0.15) is 5.82 Å². The normalized spacial score (nSPS) is 12.4. The molecule has 1 N–H and O–H groups in total. The zero-order valence-electron chi connectivity index (χ0n) is 13.7. The first-order chi connectivity index (χ1) is 10.9. The van der Waals surface area contributed by atoms with Crippen LogP contribution in [0.25, 0.3) is 11.4 Å². The molecule has 2 rings (SSSR count). The third-order valence-electron chi connectivity index (χ3n) is 3.29. The quantitative estimate of drug-likeness (QED) is 0.824. The Kier molecular flexibility index (Phi) is 5.76. The summed E-state index contributed by atoms with van der Waals surface area (Å²) in [5, 5.41) is 11.3. The number of thioether (sulfide) groups is 1. The van der Waals surface area contributed by atoms with E-state index in [9.17, 15) is 9.18 Å². The minimum Gasteiger partial charge on any atom is -0.355 e. The fraction of sp³-hybridized carbons (Fsp3) is 0.438. The third kappa shape index (κ3) is 4.31. The van der Waals surface area contributed by atoms with Crippen molar-refractivity contribution in [3.8, 4) is 11.4 Å². The van der Waals surface area contributed by atoms with Gasteiger partial charge in [-0.15, -0.1) is 10.2 Å². The molecule has 2 aromatic rings. The van der Waals surface area contributed by atoms with Gasteiger partial charge in [0.05, 0.1) is 10.8 Å². The minimum absolute atomic E-state index is 0.0425. The van der Waals surface area contributed by atoms with Crippen LogP contribution in [-0.2, 0) is 11.8 Å². The van der Waals surface area contributed by atoms with Crippen LogP contribution < -0.4 is 5.32 Å². The zero-order chi connectivity index (χ0) is 17.0. The van der Waals surface area contributed by atoms with Crippen LogP contribution in [-0.4, -0.2) is 32.5 Å². The van der Waals surface area contributed by atoms with Crippen LogP contribution in [0.15, 0.2) is 29.4 Å². The van der Waals surface area contributed by atoms with Gasteiger partial charge in [-0.1, -0.05) is 37.7 Å². The second-order valence-corrected chi connectivity index (χ2v) is 7.05. The molecule has 0 aliphatic heterocycles. The lowest BCUT2D eigenvalue weighted by Crippen LogP contribution is -2.33. The molecule has 0 radical (unpaired) electrons. The van der Waals surface area contributed by atoms with Crippen molar-refractivity contribution in [2.24, 2.45) is 13.0 Å². The van der Waals surface area contributed by atoms with E-state index in [2.05, 4.69) is 15.5 Å². The number of carbonyl (C=O) groups excluding carboxylic acids is 1. The highest BCUT2D eigenvalue weighted by atomic mass is 32.2. The molecular formula is C16H21FN4OS. The molecule has 0 saturated carbocycles. The number of aromatic nitrogens is 3. The van der Waals surface area contributed by atoms with E-state index < -0.39 is 0 Å². The van der Waals surface area contributed by atoms with E-state index in [0.717, 1.165) is 0 Å². The fourth-order valence-electron chi connectivity index (χ4n) is 1.95. The topological polar surface area (TPSA) is 59.8 Å². The summed E-state index contributed by atoms with van der Waals surface area (Å²) in [5.74, 6) is 0.459. The van der Waals surface area contributed by atoms with Crippen molar-refractivity contribution in [1.29, 1.82) is 0 Å². The first-order valence-corrected chi connectivity index (χ1v) is 8.36. The number of hydrogen-bond acceptors (Lipinski definition) is 4. The van der Waals surface area contributed by atoms with Gasteiger partial charge >= 0.3 is 0 Å². The Balaban J connectivity index is 2.11. The molecule has 1 aromatic carbocycles. The van der Waals surface area contributed by atoms with E-state index in [1.54, 1.807) is 29.8 Å². The molecule has 1 unspecified atom stereocenters. The summed E-state index contributed by atoms with van der Waals surface area (Å²) < 4.78 is 15.6. The number of nitrogens with zero attached hydrogens (tertiary/aromatic N) is 3. The number of rotatable bonds is 6. The molecule has 0 spiro atoms. The van der Waals surface area contributed by atoms with Crippen LogP contribution in [0.5, 0.6) is 0 Å². The Morgan fingerprint density at radius 1 is 1.30 bits per heavy atom. The molecule has 124 valence electrons. The maximum absolute atomic E-state index is 13.9. The van der Waals surface area contributed by atoms with Crippen molar-refractivity contribution in [2.75, 3.05) is 6.54 Å². The van der Waals surface area contributed by atoms with Crippen LogP contribution in [0, 0.1) is 11.7 Å². The standard InChI is InChI=1S/C16H21FN4OS/c1-10(2)9-18-15(22)11(3)23-16-20-19-14(21(16)4)12-7-5-6-8-13(12)17/h5-8,10-11H,9H2,1-4H3,(H,18,22).